The maximum absolute atomic E-state index is 12.6. The number of anilines is 1. The van der Waals surface area contributed by atoms with E-state index in [0.29, 0.717) is 25.1 Å². The first kappa shape index (κ1) is 18.2. The molecule has 0 aliphatic carbocycles. The first-order valence-corrected chi connectivity index (χ1v) is 9.39. The number of likely N-dealkylation sites (N-methyl/N-ethyl adjacent to an activating group) is 1. The van der Waals surface area contributed by atoms with E-state index in [1.807, 2.05) is 13.0 Å². The van der Waals surface area contributed by atoms with Crippen molar-refractivity contribution in [3.05, 3.63) is 47.0 Å². The number of aromatic nitrogens is 2. The van der Waals surface area contributed by atoms with Crippen LogP contribution in [0.15, 0.2) is 24.5 Å². The van der Waals surface area contributed by atoms with Crippen LogP contribution in [0.4, 0.5) is 5.69 Å². The molecule has 1 aromatic carbocycles. The summed E-state index contributed by atoms with van der Waals surface area (Å²) in [5, 5.41) is 3.01. The van der Waals surface area contributed by atoms with E-state index < -0.39 is 0 Å². The highest BCUT2D eigenvalue weighted by atomic mass is 16.2. The third-order valence-corrected chi connectivity index (χ3v) is 5.55. The first-order valence-electron chi connectivity index (χ1n) is 9.39. The van der Waals surface area contributed by atoms with E-state index in [-0.39, 0.29) is 30.2 Å². The lowest BCUT2D eigenvalue weighted by Crippen LogP contribution is -2.39. The molecule has 0 bridgehead atoms. The van der Waals surface area contributed by atoms with E-state index in [1.165, 1.54) is 0 Å². The Morgan fingerprint density at radius 2 is 2.18 bits per heavy atom. The molecule has 8 heteroatoms. The lowest BCUT2D eigenvalue weighted by molar-refractivity contribution is -0.129. The number of H-pyrrole nitrogens is 1. The maximum Gasteiger partial charge on any atom is 0.251 e. The Morgan fingerprint density at radius 3 is 2.93 bits per heavy atom. The summed E-state index contributed by atoms with van der Waals surface area (Å²) < 4.78 is 0. The Labute approximate surface area is 162 Å². The monoisotopic (exact) mass is 381 g/mol. The predicted molar refractivity (Wildman–Crippen MR) is 103 cm³/mol. The number of hydrogen-bond acceptors (Lipinski definition) is 4. The van der Waals surface area contributed by atoms with E-state index in [9.17, 15) is 14.4 Å². The van der Waals surface area contributed by atoms with Crippen LogP contribution in [0, 0.1) is 6.92 Å². The number of carbonyl (C=O) groups is 3. The van der Waals surface area contributed by atoms with Crippen molar-refractivity contribution in [2.45, 2.75) is 32.2 Å². The van der Waals surface area contributed by atoms with Crippen LogP contribution in [0.2, 0.25) is 0 Å². The minimum atomic E-state index is -0.182. The van der Waals surface area contributed by atoms with Gasteiger partial charge in [-0.25, -0.2) is 4.98 Å². The quantitative estimate of drug-likeness (QED) is 0.819. The highest BCUT2D eigenvalue weighted by molar-refractivity contribution is 6.03. The van der Waals surface area contributed by atoms with Gasteiger partial charge in [-0.1, -0.05) is 6.07 Å². The summed E-state index contributed by atoms with van der Waals surface area (Å²) in [5.74, 6) is -0.132. The number of hydrogen-bond donors (Lipinski definition) is 2. The Kier molecular flexibility index (Phi) is 4.62. The number of nitrogens with zero attached hydrogens (tertiary/aromatic N) is 3. The summed E-state index contributed by atoms with van der Waals surface area (Å²) in [6.45, 7) is 3.01. The molecule has 8 nitrogen and oxygen atoms in total. The first-order chi connectivity index (χ1) is 13.4. The van der Waals surface area contributed by atoms with Crippen LogP contribution < -0.4 is 10.2 Å². The standard InChI is InChI=1S/C20H23N5O3/c1-12-16(22-11-21-12)9-19(27)25-6-5-15(10-25)23-20(28)14-4-3-13-8-18(26)24(2)17(13)7-14/h3-4,7,11,15H,5-6,8-10H2,1-2H3,(H,21,22)(H,23,28). The number of rotatable bonds is 4. The Morgan fingerprint density at radius 1 is 1.36 bits per heavy atom. The van der Waals surface area contributed by atoms with Gasteiger partial charge in [-0.2, -0.15) is 0 Å². The molecule has 2 aliphatic heterocycles. The van der Waals surface area contributed by atoms with Gasteiger partial charge in [0.05, 0.1) is 24.9 Å². The lowest BCUT2D eigenvalue weighted by atomic mass is 10.1. The molecule has 3 amide bonds. The summed E-state index contributed by atoms with van der Waals surface area (Å²) >= 11 is 0. The van der Waals surface area contributed by atoms with E-state index in [1.54, 1.807) is 35.3 Å². The molecule has 2 N–H and O–H groups in total. The minimum Gasteiger partial charge on any atom is -0.348 e. The fourth-order valence-corrected chi connectivity index (χ4v) is 3.78. The van der Waals surface area contributed by atoms with Crippen LogP contribution in [0.5, 0.6) is 0 Å². The van der Waals surface area contributed by atoms with Gasteiger partial charge in [0.2, 0.25) is 11.8 Å². The molecule has 2 aromatic rings. The van der Waals surface area contributed by atoms with Crippen molar-refractivity contribution in [2.24, 2.45) is 0 Å². The van der Waals surface area contributed by atoms with Crippen molar-refractivity contribution < 1.29 is 14.4 Å². The number of carbonyl (C=O) groups excluding carboxylic acids is 3. The van der Waals surface area contributed by atoms with Crippen molar-refractivity contribution in [3.63, 3.8) is 0 Å². The van der Waals surface area contributed by atoms with Gasteiger partial charge in [0.15, 0.2) is 0 Å². The molecule has 146 valence electrons. The van der Waals surface area contributed by atoms with Crippen molar-refractivity contribution in [1.82, 2.24) is 20.2 Å². The zero-order valence-corrected chi connectivity index (χ0v) is 16.0. The highest BCUT2D eigenvalue weighted by Crippen LogP contribution is 2.28. The smallest absolute Gasteiger partial charge is 0.251 e. The van der Waals surface area contributed by atoms with Crippen LogP contribution in [-0.2, 0) is 22.4 Å². The summed E-state index contributed by atoms with van der Waals surface area (Å²) in [7, 11) is 1.72. The lowest BCUT2D eigenvalue weighted by Gasteiger charge is -2.17. The molecular formula is C20H23N5O3. The normalized spacial score (nSPS) is 18.5. The Hall–Kier alpha value is -3.16. The maximum atomic E-state index is 12.6. The molecule has 4 rings (SSSR count). The van der Waals surface area contributed by atoms with Gasteiger partial charge in [-0.05, 0) is 31.0 Å². The number of likely N-dealkylation sites (tertiary alicyclic amines) is 1. The van der Waals surface area contributed by atoms with Crippen molar-refractivity contribution in [3.8, 4) is 0 Å². The summed E-state index contributed by atoms with van der Waals surface area (Å²) in [4.78, 5) is 47.4. The summed E-state index contributed by atoms with van der Waals surface area (Å²) in [5.41, 5.74) is 3.91. The number of imidazole rings is 1. The molecule has 1 unspecified atom stereocenters. The predicted octanol–water partition coefficient (Wildman–Crippen LogP) is 0.810. The molecular weight excluding hydrogens is 358 g/mol. The average molecular weight is 381 g/mol. The number of nitrogens with one attached hydrogen (secondary N) is 2. The van der Waals surface area contributed by atoms with Crippen LogP contribution in [0.25, 0.3) is 0 Å². The Bertz CT molecular complexity index is 951. The number of benzene rings is 1. The van der Waals surface area contributed by atoms with Gasteiger partial charge in [0, 0.05) is 43.1 Å². The van der Waals surface area contributed by atoms with Crippen LogP contribution in [0.1, 0.15) is 33.7 Å². The average Bonchev–Trinajstić information content (AvgIpc) is 3.36. The number of aromatic amines is 1. The number of fused-ring (bicyclic) bond motifs is 1. The van der Waals surface area contributed by atoms with Crippen LogP contribution >= 0.6 is 0 Å². The zero-order valence-electron chi connectivity index (χ0n) is 16.0. The molecule has 1 fully saturated rings. The van der Waals surface area contributed by atoms with E-state index in [4.69, 9.17) is 0 Å². The molecule has 2 aliphatic rings. The van der Waals surface area contributed by atoms with Gasteiger partial charge >= 0.3 is 0 Å². The van der Waals surface area contributed by atoms with Crippen molar-refractivity contribution >= 4 is 23.4 Å². The molecule has 28 heavy (non-hydrogen) atoms. The molecule has 1 atom stereocenters. The second kappa shape index (κ2) is 7.10. The second-order valence-corrected chi connectivity index (χ2v) is 7.42. The number of amides is 3. The molecule has 3 heterocycles. The third-order valence-electron chi connectivity index (χ3n) is 5.55. The third kappa shape index (κ3) is 3.37. The molecule has 0 saturated carbocycles. The summed E-state index contributed by atoms with van der Waals surface area (Å²) in [6, 6.07) is 5.26. The fourth-order valence-electron chi connectivity index (χ4n) is 3.78. The minimum absolute atomic E-state index is 0.0182. The number of aryl methyl sites for hydroxylation is 1. The van der Waals surface area contributed by atoms with Gasteiger partial charge < -0.3 is 20.1 Å². The van der Waals surface area contributed by atoms with E-state index in [2.05, 4.69) is 15.3 Å². The highest BCUT2D eigenvalue weighted by Gasteiger charge is 2.29. The summed E-state index contributed by atoms with van der Waals surface area (Å²) in [6.07, 6.45) is 2.96. The van der Waals surface area contributed by atoms with Crippen molar-refractivity contribution in [2.75, 3.05) is 25.0 Å². The molecule has 0 spiro atoms. The van der Waals surface area contributed by atoms with Crippen LogP contribution in [0.3, 0.4) is 0 Å². The van der Waals surface area contributed by atoms with Crippen LogP contribution in [-0.4, -0.2) is 58.8 Å². The van der Waals surface area contributed by atoms with Gasteiger partial charge in [0.25, 0.3) is 5.91 Å². The van der Waals surface area contributed by atoms with Crippen molar-refractivity contribution in [1.29, 1.82) is 0 Å². The van der Waals surface area contributed by atoms with Gasteiger partial charge in [0.1, 0.15) is 0 Å². The fraction of sp³-hybridized carbons (Fsp3) is 0.400. The van der Waals surface area contributed by atoms with Gasteiger partial charge in [-0.3, -0.25) is 14.4 Å². The SMILES string of the molecule is Cc1[nH]cnc1CC(=O)N1CCC(NC(=O)c2ccc3c(c2)N(C)C(=O)C3)C1. The largest absolute Gasteiger partial charge is 0.348 e. The zero-order chi connectivity index (χ0) is 19.8. The van der Waals surface area contributed by atoms with E-state index >= 15 is 0 Å². The Balaban J connectivity index is 1.36. The molecule has 1 saturated heterocycles. The molecule has 1 aromatic heterocycles. The van der Waals surface area contributed by atoms with E-state index in [0.717, 1.165) is 29.1 Å². The topological polar surface area (TPSA) is 98.4 Å². The second-order valence-electron chi connectivity index (χ2n) is 7.42. The molecule has 0 radical (unpaired) electrons. The van der Waals surface area contributed by atoms with Gasteiger partial charge in [-0.15, -0.1) is 0 Å².